The van der Waals surface area contributed by atoms with Crippen molar-refractivity contribution in [1.29, 1.82) is 0 Å². The highest BCUT2D eigenvalue weighted by atomic mass is 32.2. The minimum atomic E-state index is -3.08. The molecule has 1 aromatic carbocycles. The van der Waals surface area contributed by atoms with Gasteiger partial charge < -0.3 is 10.4 Å². The van der Waals surface area contributed by atoms with Crippen LogP contribution in [0.5, 0.6) is 5.75 Å². The van der Waals surface area contributed by atoms with Crippen molar-refractivity contribution in [3.05, 3.63) is 29.3 Å². The Morgan fingerprint density at radius 2 is 1.95 bits per heavy atom. The summed E-state index contributed by atoms with van der Waals surface area (Å²) < 4.78 is 24.5. The molecule has 1 heterocycles. The van der Waals surface area contributed by atoms with E-state index in [-0.39, 0.29) is 12.1 Å². The molecule has 0 amide bonds. The molecule has 0 aliphatic carbocycles. The van der Waals surface area contributed by atoms with Crippen LogP contribution in [0.15, 0.2) is 18.2 Å². The summed E-state index contributed by atoms with van der Waals surface area (Å²) in [7, 11) is -3.08. The van der Waals surface area contributed by atoms with Gasteiger partial charge in [0.05, 0.1) is 6.26 Å². The molecule has 2 rings (SSSR count). The molecule has 1 aliphatic rings. The number of hydrogen-bond donors (Lipinski definition) is 2. The SMILES string of the molecule is Cc1ccc(O)c(C(C)NC2CCN(S(C)(=O)=O)CC2)c1. The van der Waals surface area contributed by atoms with E-state index in [0.717, 1.165) is 24.0 Å². The lowest BCUT2D eigenvalue weighted by Crippen LogP contribution is -2.45. The van der Waals surface area contributed by atoms with Gasteiger partial charge in [-0.2, -0.15) is 0 Å². The summed E-state index contributed by atoms with van der Waals surface area (Å²) in [5.74, 6) is 0.300. The summed E-state index contributed by atoms with van der Waals surface area (Å²) >= 11 is 0. The summed E-state index contributed by atoms with van der Waals surface area (Å²) in [5.41, 5.74) is 2.00. The van der Waals surface area contributed by atoms with Gasteiger partial charge in [0.25, 0.3) is 0 Å². The van der Waals surface area contributed by atoms with E-state index in [4.69, 9.17) is 0 Å². The first-order chi connectivity index (χ1) is 9.77. The summed E-state index contributed by atoms with van der Waals surface area (Å²) in [6.45, 7) is 5.14. The summed E-state index contributed by atoms with van der Waals surface area (Å²) in [4.78, 5) is 0. The molecule has 1 saturated heterocycles. The number of phenolic OH excluding ortho intramolecular Hbond substituents is 1. The number of nitrogens with zero attached hydrogens (tertiary/aromatic N) is 1. The smallest absolute Gasteiger partial charge is 0.211 e. The largest absolute Gasteiger partial charge is 0.508 e. The summed E-state index contributed by atoms with van der Waals surface area (Å²) in [6, 6.07) is 5.90. The number of sulfonamides is 1. The van der Waals surface area contributed by atoms with Gasteiger partial charge in [0.15, 0.2) is 0 Å². The maximum Gasteiger partial charge on any atom is 0.211 e. The molecule has 0 saturated carbocycles. The Balaban J connectivity index is 1.96. The second kappa shape index (κ2) is 6.34. The number of phenols is 1. The molecule has 6 heteroatoms. The predicted molar refractivity (Wildman–Crippen MR) is 83.8 cm³/mol. The second-order valence-corrected chi connectivity index (χ2v) is 7.87. The molecule has 2 N–H and O–H groups in total. The highest BCUT2D eigenvalue weighted by Gasteiger charge is 2.26. The van der Waals surface area contributed by atoms with Gasteiger partial charge in [-0.15, -0.1) is 0 Å². The second-order valence-electron chi connectivity index (χ2n) is 5.89. The summed E-state index contributed by atoms with van der Waals surface area (Å²) in [5, 5.41) is 13.4. The van der Waals surface area contributed by atoms with E-state index in [1.807, 2.05) is 26.0 Å². The number of benzene rings is 1. The standard InChI is InChI=1S/C15H24N2O3S/c1-11-4-5-15(18)14(10-11)12(2)16-13-6-8-17(9-7-13)21(3,19)20/h4-5,10,12-13,16,18H,6-9H2,1-3H3. The molecular weight excluding hydrogens is 288 g/mol. The van der Waals surface area contributed by atoms with E-state index in [9.17, 15) is 13.5 Å². The van der Waals surface area contributed by atoms with Crippen molar-refractivity contribution in [2.24, 2.45) is 0 Å². The third-order valence-corrected chi connectivity index (χ3v) is 5.36. The van der Waals surface area contributed by atoms with Crippen LogP contribution in [0.1, 0.15) is 36.9 Å². The zero-order valence-electron chi connectivity index (χ0n) is 12.8. The van der Waals surface area contributed by atoms with Crippen LogP contribution >= 0.6 is 0 Å². The fourth-order valence-electron chi connectivity index (χ4n) is 2.82. The molecule has 0 aromatic heterocycles. The number of piperidine rings is 1. The molecule has 1 aromatic rings. The molecule has 21 heavy (non-hydrogen) atoms. The Labute approximate surface area is 127 Å². The van der Waals surface area contributed by atoms with Crippen LogP contribution in [0.25, 0.3) is 0 Å². The Morgan fingerprint density at radius 3 is 2.52 bits per heavy atom. The number of nitrogens with one attached hydrogen (secondary N) is 1. The third kappa shape index (κ3) is 4.18. The van der Waals surface area contributed by atoms with Crippen molar-refractivity contribution >= 4 is 10.0 Å². The van der Waals surface area contributed by atoms with Gasteiger partial charge in [-0.3, -0.25) is 0 Å². The minimum absolute atomic E-state index is 0.0414. The Morgan fingerprint density at radius 1 is 1.33 bits per heavy atom. The average Bonchev–Trinajstić information content (AvgIpc) is 2.41. The van der Waals surface area contributed by atoms with Gasteiger partial charge in [-0.25, -0.2) is 12.7 Å². The molecule has 1 aliphatic heterocycles. The fourth-order valence-corrected chi connectivity index (χ4v) is 3.69. The van der Waals surface area contributed by atoms with Gasteiger partial charge in [0.1, 0.15) is 5.75 Å². The van der Waals surface area contributed by atoms with E-state index >= 15 is 0 Å². The van der Waals surface area contributed by atoms with Crippen LogP contribution in [0.2, 0.25) is 0 Å². The van der Waals surface area contributed by atoms with Crippen molar-refractivity contribution in [3.63, 3.8) is 0 Å². The monoisotopic (exact) mass is 312 g/mol. The van der Waals surface area contributed by atoms with E-state index in [2.05, 4.69) is 5.32 Å². The van der Waals surface area contributed by atoms with Crippen LogP contribution in [0, 0.1) is 6.92 Å². The first-order valence-electron chi connectivity index (χ1n) is 7.28. The first-order valence-corrected chi connectivity index (χ1v) is 9.13. The molecule has 0 radical (unpaired) electrons. The molecule has 1 fully saturated rings. The number of aromatic hydroxyl groups is 1. The van der Waals surface area contributed by atoms with Gasteiger partial charge >= 0.3 is 0 Å². The highest BCUT2D eigenvalue weighted by molar-refractivity contribution is 7.88. The molecule has 5 nitrogen and oxygen atoms in total. The van der Waals surface area contributed by atoms with Crippen molar-refractivity contribution in [3.8, 4) is 5.75 Å². The topological polar surface area (TPSA) is 69.6 Å². The highest BCUT2D eigenvalue weighted by Crippen LogP contribution is 2.26. The van der Waals surface area contributed by atoms with Crippen LogP contribution in [-0.4, -0.2) is 43.2 Å². The van der Waals surface area contributed by atoms with Crippen LogP contribution in [0.4, 0.5) is 0 Å². The first kappa shape index (κ1) is 16.3. The number of aryl methyl sites for hydroxylation is 1. The van der Waals surface area contributed by atoms with Crippen molar-refractivity contribution in [2.75, 3.05) is 19.3 Å². The normalized spacial score (nSPS) is 19.6. The Hall–Kier alpha value is -1.11. The molecule has 1 unspecified atom stereocenters. The molecule has 0 bridgehead atoms. The average molecular weight is 312 g/mol. The van der Waals surface area contributed by atoms with E-state index in [1.54, 1.807) is 6.07 Å². The van der Waals surface area contributed by atoms with Crippen LogP contribution in [-0.2, 0) is 10.0 Å². The van der Waals surface area contributed by atoms with Gasteiger partial charge in [-0.1, -0.05) is 17.7 Å². The van der Waals surface area contributed by atoms with Crippen molar-refractivity contribution < 1.29 is 13.5 Å². The Bertz CT molecular complexity index is 593. The fraction of sp³-hybridized carbons (Fsp3) is 0.600. The minimum Gasteiger partial charge on any atom is -0.508 e. The van der Waals surface area contributed by atoms with Gasteiger partial charge in [0.2, 0.25) is 10.0 Å². The molecule has 1 atom stereocenters. The van der Waals surface area contributed by atoms with Crippen LogP contribution in [0.3, 0.4) is 0 Å². The maximum atomic E-state index is 11.5. The van der Waals surface area contributed by atoms with Crippen LogP contribution < -0.4 is 5.32 Å². The quantitative estimate of drug-likeness (QED) is 0.889. The molecule has 118 valence electrons. The van der Waals surface area contributed by atoms with E-state index in [1.165, 1.54) is 10.6 Å². The zero-order valence-corrected chi connectivity index (χ0v) is 13.7. The molecule has 0 spiro atoms. The zero-order chi connectivity index (χ0) is 15.6. The lowest BCUT2D eigenvalue weighted by Gasteiger charge is -2.32. The third-order valence-electron chi connectivity index (χ3n) is 4.06. The van der Waals surface area contributed by atoms with E-state index < -0.39 is 10.0 Å². The van der Waals surface area contributed by atoms with Crippen molar-refractivity contribution in [1.82, 2.24) is 9.62 Å². The van der Waals surface area contributed by atoms with Crippen molar-refractivity contribution in [2.45, 2.75) is 38.8 Å². The summed E-state index contributed by atoms with van der Waals surface area (Å²) in [6.07, 6.45) is 2.85. The maximum absolute atomic E-state index is 11.5. The number of rotatable bonds is 4. The predicted octanol–water partition coefficient (Wildman–Crippen LogP) is 1.78. The number of hydrogen-bond acceptors (Lipinski definition) is 4. The molecular formula is C15H24N2O3S. The Kier molecular flexibility index (Phi) is 4.91. The lowest BCUT2D eigenvalue weighted by atomic mass is 10.0. The lowest BCUT2D eigenvalue weighted by molar-refractivity contribution is 0.277. The van der Waals surface area contributed by atoms with E-state index in [0.29, 0.717) is 18.8 Å². The van der Waals surface area contributed by atoms with Gasteiger partial charge in [0, 0.05) is 30.7 Å². The van der Waals surface area contributed by atoms with Gasteiger partial charge in [-0.05, 0) is 32.8 Å².